The van der Waals surface area contributed by atoms with Crippen LogP contribution in [0.25, 0.3) is 10.9 Å². The van der Waals surface area contributed by atoms with E-state index in [4.69, 9.17) is 0 Å². The van der Waals surface area contributed by atoms with E-state index in [9.17, 15) is 0 Å². The van der Waals surface area contributed by atoms with Crippen LogP contribution in [0.2, 0.25) is 0 Å². The zero-order chi connectivity index (χ0) is 11.7. The zero-order valence-corrected chi connectivity index (χ0v) is 9.85. The highest BCUT2D eigenvalue weighted by Gasteiger charge is 2.05. The van der Waals surface area contributed by atoms with Crippen molar-refractivity contribution in [2.24, 2.45) is 0 Å². The van der Waals surface area contributed by atoms with Crippen molar-refractivity contribution >= 4 is 10.9 Å². The fourth-order valence-corrected chi connectivity index (χ4v) is 2.16. The molecule has 17 heavy (non-hydrogen) atoms. The molecule has 0 aliphatic rings. The van der Waals surface area contributed by atoms with Crippen LogP contribution >= 0.6 is 0 Å². The molecule has 0 radical (unpaired) electrons. The molecule has 3 rings (SSSR count). The van der Waals surface area contributed by atoms with E-state index in [1.165, 1.54) is 22.0 Å². The molecular formula is C15H15N2+. The van der Waals surface area contributed by atoms with Crippen molar-refractivity contribution in [3.8, 4) is 0 Å². The van der Waals surface area contributed by atoms with Crippen molar-refractivity contribution in [2.75, 3.05) is 0 Å². The molecule has 2 heteroatoms. The third-order valence-corrected chi connectivity index (χ3v) is 3.00. The van der Waals surface area contributed by atoms with Gasteiger partial charge in [0.25, 0.3) is 0 Å². The molecule has 0 amide bonds. The Morgan fingerprint density at radius 3 is 3.00 bits per heavy atom. The first kappa shape index (κ1) is 10.1. The topological polar surface area (TPSA) is 19.7 Å². The minimum absolute atomic E-state index is 0.919. The predicted octanol–water partition coefficient (Wildman–Crippen LogP) is 2.81. The van der Waals surface area contributed by atoms with E-state index in [-0.39, 0.29) is 0 Å². The van der Waals surface area contributed by atoms with Crippen LogP contribution in [0.15, 0.2) is 55.0 Å². The molecule has 0 aliphatic carbocycles. The molecule has 0 spiro atoms. The standard InChI is InChI=1S/C15H14N2/c1-12-3-2-4-13(9-12)10-17-8-6-15-14(11-17)5-7-16-15/h2-9,11H,10H2,1H3/p+1. The number of H-pyrrole nitrogens is 1. The van der Waals surface area contributed by atoms with Gasteiger partial charge < -0.3 is 4.98 Å². The number of aromatic nitrogens is 2. The van der Waals surface area contributed by atoms with Gasteiger partial charge in [-0.05, 0) is 19.1 Å². The second kappa shape index (κ2) is 4.06. The number of aromatic amines is 1. The van der Waals surface area contributed by atoms with Gasteiger partial charge in [0.1, 0.15) is 0 Å². The largest absolute Gasteiger partial charge is 0.361 e. The van der Waals surface area contributed by atoms with Crippen molar-refractivity contribution in [3.63, 3.8) is 0 Å². The molecule has 0 saturated carbocycles. The Bertz CT molecular complexity index is 653. The highest BCUT2D eigenvalue weighted by atomic mass is 14.9. The summed E-state index contributed by atoms with van der Waals surface area (Å²) in [4.78, 5) is 3.21. The average Bonchev–Trinajstić information content (AvgIpc) is 2.76. The highest BCUT2D eigenvalue weighted by Crippen LogP contribution is 2.08. The molecule has 0 aliphatic heterocycles. The summed E-state index contributed by atoms with van der Waals surface area (Å²) in [5.41, 5.74) is 3.83. The van der Waals surface area contributed by atoms with Gasteiger partial charge in [0.2, 0.25) is 0 Å². The molecule has 0 atom stereocenters. The van der Waals surface area contributed by atoms with E-state index >= 15 is 0 Å². The number of nitrogens with zero attached hydrogens (tertiary/aromatic N) is 1. The predicted molar refractivity (Wildman–Crippen MR) is 68.8 cm³/mol. The minimum Gasteiger partial charge on any atom is -0.361 e. The molecule has 1 N–H and O–H groups in total. The van der Waals surface area contributed by atoms with Crippen LogP contribution in [0, 0.1) is 6.92 Å². The number of aryl methyl sites for hydroxylation is 1. The first-order valence-corrected chi connectivity index (χ1v) is 5.83. The SMILES string of the molecule is Cc1cccc(C[n+]2ccc3[nH]ccc3c2)c1. The van der Waals surface area contributed by atoms with E-state index in [0.717, 1.165) is 6.54 Å². The van der Waals surface area contributed by atoms with Crippen LogP contribution in [0.1, 0.15) is 11.1 Å². The van der Waals surface area contributed by atoms with Crippen LogP contribution in [0.4, 0.5) is 0 Å². The van der Waals surface area contributed by atoms with Gasteiger partial charge >= 0.3 is 0 Å². The van der Waals surface area contributed by atoms with Crippen molar-refractivity contribution in [1.82, 2.24) is 4.98 Å². The Morgan fingerprint density at radius 2 is 2.12 bits per heavy atom. The van der Waals surface area contributed by atoms with Gasteiger partial charge in [-0.15, -0.1) is 0 Å². The normalized spacial score (nSPS) is 10.9. The summed E-state index contributed by atoms with van der Waals surface area (Å²) in [5, 5.41) is 1.25. The van der Waals surface area contributed by atoms with Crippen molar-refractivity contribution in [3.05, 3.63) is 66.1 Å². The summed E-state index contributed by atoms with van der Waals surface area (Å²) < 4.78 is 2.21. The van der Waals surface area contributed by atoms with Gasteiger partial charge in [-0.1, -0.05) is 23.8 Å². The molecule has 2 aromatic heterocycles. The van der Waals surface area contributed by atoms with Crippen molar-refractivity contribution < 1.29 is 4.57 Å². The third kappa shape index (κ3) is 2.07. The second-order valence-electron chi connectivity index (χ2n) is 4.45. The lowest BCUT2D eigenvalue weighted by Crippen LogP contribution is -2.33. The summed E-state index contributed by atoms with van der Waals surface area (Å²) in [7, 11) is 0. The molecule has 1 aromatic carbocycles. The van der Waals surface area contributed by atoms with Gasteiger partial charge in [-0.3, -0.25) is 0 Å². The van der Waals surface area contributed by atoms with Gasteiger partial charge in [-0.2, -0.15) is 0 Å². The van der Waals surface area contributed by atoms with E-state index < -0.39 is 0 Å². The maximum atomic E-state index is 3.21. The maximum Gasteiger partial charge on any atom is 0.178 e. The Balaban J connectivity index is 1.94. The Labute approximate surface area is 101 Å². The first-order valence-electron chi connectivity index (χ1n) is 5.83. The molecule has 0 fully saturated rings. The van der Waals surface area contributed by atoms with Crippen molar-refractivity contribution in [2.45, 2.75) is 13.5 Å². The highest BCUT2D eigenvalue weighted by molar-refractivity contribution is 5.76. The molecule has 0 bridgehead atoms. The summed E-state index contributed by atoms with van der Waals surface area (Å²) in [6.45, 7) is 3.05. The summed E-state index contributed by atoms with van der Waals surface area (Å²) >= 11 is 0. The molecule has 0 unspecified atom stereocenters. The number of hydrogen-bond acceptors (Lipinski definition) is 0. The first-order chi connectivity index (χ1) is 8.31. The molecule has 3 aromatic rings. The van der Waals surface area contributed by atoms with E-state index in [1.807, 2.05) is 6.20 Å². The maximum absolute atomic E-state index is 3.21. The fourth-order valence-electron chi connectivity index (χ4n) is 2.16. The quantitative estimate of drug-likeness (QED) is 0.645. The monoisotopic (exact) mass is 223 g/mol. The lowest BCUT2D eigenvalue weighted by Gasteiger charge is -1.99. The summed E-state index contributed by atoms with van der Waals surface area (Å²) in [6, 6.07) is 12.9. The lowest BCUT2D eigenvalue weighted by molar-refractivity contribution is -0.687. The Hall–Kier alpha value is -2.09. The zero-order valence-electron chi connectivity index (χ0n) is 9.85. The second-order valence-corrected chi connectivity index (χ2v) is 4.45. The van der Waals surface area contributed by atoms with Crippen molar-refractivity contribution in [1.29, 1.82) is 0 Å². The van der Waals surface area contributed by atoms with Crippen LogP contribution in [-0.4, -0.2) is 4.98 Å². The Morgan fingerprint density at radius 1 is 1.18 bits per heavy atom. The van der Waals surface area contributed by atoms with Crippen LogP contribution in [0.3, 0.4) is 0 Å². The minimum atomic E-state index is 0.919. The number of rotatable bonds is 2. The molecular weight excluding hydrogens is 208 g/mol. The average molecular weight is 223 g/mol. The van der Waals surface area contributed by atoms with E-state index in [2.05, 4.69) is 65.3 Å². The van der Waals surface area contributed by atoms with Gasteiger partial charge in [0, 0.05) is 17.8 Å². The molecule has 2 nitrogen and oxygen atoms in total. The lowest BCUT2D eigenvalue weighted by atomic mass is 10.1. The van der Waals surface area contributed by atoms with Gasteiger partial charge in [0.05, 0.1) is 10.9 Å². The number of pyridine rings is 1. The number of hydrogen-bond donors (Lipinski definition) is 1. The van der Waals surface area contributed by atoms with Crippen LogP contribution in [0.5, 0.6) is 0 Å². The fraction of sp³-hybridized carbons (Fsp3) is 0.133. The molecule has 84 valence electrons. The third-order valence-electron chi connectivity index (χ3n) is 3.00. The van der Waals surface area contributed by atoms with Crippen LogP contribution < -0.4 is 4.57 Å². The van der Waals surface area contributed by atoms with E-state index in [1.54, 1.807) is 0 Å². The smallest absolute Gasteiger partial charge is 0.178 e. The van der Waals surface area contributed by atoms with Crippen LogP contribution in [-0.2, 0) is 6.54 Å². The van der Waals surface area contributed by atoms with E-state index in [0.29, 0.717) is 0 Å². The molecule has 0 saturated heterocycles. The summed E-state index contributed by atoms with van der Waals surface area (Å²) in [6.07, 6.45) is 6.26. The summed E-state index contributed by atoms with van der Waals surface area (Å²) in [5.74, 6) is 0. The van der Waals surface area contributed by atoms with Gasteiger partial charge in [0.15, 0.2) is 18.9 Å². The van der Waals surface area contributed by atoms with Gasteiger partial charge in [-0.25, -0.2) is 4.57 Å². The Kier molecular flexibility index (Phi) is 2.41. The number of nitrogens with one attached hydrogen (secondary N) is 1. The number of benzene rings is 1. The molecule has 2 heterocycles. The number of fused-ring (bicyclic) bond motifs is 1.